The Kier molecular flexibility index (Phi) is 5.38. The molecule has 0 unspecified atom stereocenters. The van der Waals surface area contributed by atoms with E-state index in [9.17, 15) is 0 Å². The second-order valence-electron chi connectivity index (χ2n) is 4.13. The van der Waals surface area contributed by atoms with Gasteiger partial charge in [-0.05, 0) is 18.3 Å². The maximum Gasteiger partial charge on any atom is 0.0589 e. The number of nitrogens with zero attached hydrogens (tertiary/aromatic N) is 1. The van der Waals surface area contributed by atoms with Gasteiger partial charge in [0.2, 0.25) is 0 Å². The van der Waals surface area contributed by atoms with Gasteiger partial charge in [0.05, 0.1) is 13.2 Å². The summed E-state index contributed by atoms with van der Waals surface area (Å²) < 4.78 is 5.05. The number of rotatable bonds is 8. The predicted octanol–water partition coefficient (Wildman–Crippen LogP) is 1.10. The first-order valence-corrected chi connectivity index (χ1v) is 6.26. The monoisotopic (exact) mass is 265 g/mol. The van der Waals surface area contributed by atoms with E-state index in [-0.39, 0.29) is 6.61 Å². The number of methoxy groups -OCH3 is 1. The van der Waals surface area contributed by atoms with Gasteiger partial charge < -0.3 is 9.84 Å². The standard InChI is InChI=1S/C10H20BrNO2/c1-14-7-5-12(4-6-13)9-10(8-11)2-3-10/h13H,2-9H2,1H3. The van der Waals surface area contributed by atoms with Crippen LogP contribution in [0.3, 0.4) is 0 Å². The summed E-state index contributed by atoms with van der Waals surface area (Å²) in [6.07, 6.45) is 2.63. The number of ether oxygens (including phenoxy) is 1. The van der Waals surface area contributed by atoms with Crippen molar-refractivity contribution >= 4 is 15.9 Å². The highest BCUT2D eigenvalue weighted by Crippen LogP contribution is 2.47. The van der Waals surface area contributed by atoms with Crippen molar-refractivity contribution in [1.29, 1.82) is 0 Å². The van der Waals surface area contributed by atoms with Gasteiger partial charge in [-0.25, -0.2) is 0 Å². The second-order valence-corrected chi connectivity index (χ2v) is 4.69. The van der Waals surface area contributed by atoms with Crippen LogP contribution in [0, 0.1) is 5.41 Å². The van der Waals surface area contributed by atoms with E-state index in [2.05, 4.69) is 20.8 Å². The minimum absolute atomic E-state index is 0.238. The van der Waals surface area contributed by atoms with Crippen LogP contribution >= 0.6 is 15.9 Å². The summed E-state index contributed by atoms with van der Waals surface area (Å²) in [5.41, 5.74) is 0.489. The molecule has 1 aliphatic carbocycles. The fourth-order valence-corrected chi connectivity index (χ4v) is 2.35. The van der Waals surface area contributed by atoms with Crippen molar-refractivity contribution in [3.05, 3.63) is 0 Å². The molecule has 0 aliphatic heterocycles. The molecule has 1 aliphatic rings. The zero-order valence-electron chi connectivity index (χ0n) is 8.84. The third-order valence-corrected chi connectivity index (χ3v) is 4.02. The van der Waals surface area contributed by atoms with Crippen molar-refractivity contribution < 1.29 is 9.84 Å². The number of aliphatic hydroxyl groups excluding tert-OH is 1. The Morgan fingerprint density at radius 3 is 2.57 bits per heavy atom. The number of halogens is 1. The van der Waals surface area contributed by atoms with Gasteiger partial charge in [-0.1, -0.05) is 15.9 Å². The molecule has 0 aromatic rings. The van der Waals surface area contributed by atoms with Crippen LogP contribution < -0.4 is 0 Å². The predicted molar refractivity (Wildman–Crippen MR) is 60.9 cm³/mol. The number of alkyl halides is 1. The van der Waals surface area contributed by atoms with Crippen molar-refractivity contribution in [2.75, 3.05) is 45.3 Å². The Morgan fingerprint density at radius 1 is 1.43 bits per heavy atom. The van der Waals surface area contributed by atoms with Crippen LogP contribution in [0.15, 0.2) is 0 Å². The maximum atomic E-state index is 8.93. The van der Waals surface area contributed by atoms with Crippen molar-refractivity contribution in [3.8, 4) is 0 Å². The smallest absolute Gasteiger partial charge is 0.0589 e. The Balaban J connectivity index is 2.27. The Bertz CT molecular complexity index is 162. The largest absolute Gasteiger partial charge is 0.395 e. The van der Waals surface area contributed by atoms with E-state index in [1.807, 2.05) is 0 Å². The first-order chi connectivity index (χ1) is 6.76. The first kappa shape index (κ1) is 12.4. The van der Waals surface area contributed by atoms with Gasteiger partial charge in [-0.2, -0.15) is 0 Å². The number of hydrogen-bond acceptors (Lipinski definition) is 3. The van der Waals surface area contributed by atoms with Gasteiger partial charge in [0.25, 0.3) is 0 Å². The lowest BCUT2D eigenvalue weighted by Crippen LogP contribution is -2.36. The molecule has 0 atom stereocenters. The molecule has 3 nitrogen and oxygen atoms in total. The quantitative estimate of drug-likeness (QED) is 0.668. The van der Waals surface area contributed by atoms with E-state index < -0.39 is 0 Å². The summed E-state index contributed by atoms with van der Waals surface area (Å²) in [5.74, 6) is 0. The number of aliphatic hydroxyl groups is 1. The molecule has 0 aromatic carbocycles. The normalized spacial score (nSPS) is 18.9. The molecule has 0 radical (unpaired) electrons. The van der Waals surface area contributed by atoms with Crippen LogP contribution in [-0.2, 0) is 4.74 Å². The molecule has 4 heteroatoms. The lowest BCUT2D eigenvalue weighted by Gasteiger charge is -2.25. The van der Waals surface area contributed by atoms with Gasteiger partial charge in [0.1, 0.15) is 0 Å². The van der Waals surface area contributed by atoms with Gasteiger partial charge in [-0.15, -0.1) is 0 Å². The van der Waals surface area contributed by atoms with E-state index in [4.69, 9.17) is 9.84 Å². The van der Waals surface area contributed by atoms with Crippen LogP contribution in [-0.4, -0.2) is 55.3 Å². The minimum Gasteiger partial charge on any atom is -0.395 e. The van der Waals surface area contributed by atoms with Crippen molar-refractivity contribution in [2.45, 2.75) is 12.8 Å². The highest BCUT2D eigenvalue weighted by molar-refractivity contribution is 9.09. The van der Waals surface area contributed by atoms with E-state index in [0.29, 0.717) is 5.41 Å². The minimum atomic E-state index is 0.238. The molecular formula is C10H20BrNO2. The van der Waals surface area contributed by atoms with Crippen LogP contribution in [0.4, 0.5) is 0 Å². The molecule has 0 heterocycles. The lowest BCUT2D eigenvalue weighted by atomic mass is 10.1. The Hall–Kier alpha value is 0.360. The highest BCUT2D eigenvalue weighted by atomic mass is 79.9. The molecule has 1 fully saturated rings. The van der Waals surface area contributed by atoms with Crippen molar-refractivity contribution in [1.82, 2.24) is 4.90 Å². The highest BCUT2D eigenvalue weighted by Gasteiger charge is 2.42. The summed E-state index contributed by atoms with van der Waals surface area (Å²) in [6, 6.07) is 0. The van der Waals surface area contributed by atoms with E-state index in [1.54, 1.807) is 7.11 Å². The van der Waals surface area contributed by atoms with E-state index in [1.165, 1.54) is 12.8 Å². The zero-order chi connectivity index (χ0) is 10.4. The maximum absolute atomic E-state index is 8.93. The first-order valence-electron chi connectivity index (χ1n) is 5.14. The third-order valence-electron chi connectivity index (χ3n) is 2.83. The van der Waals surface area contributed by atoms with E-state index in [0.717, 1.165) is 31.6 Å². The van der Waals surface area contributed by atoms with Crippen molar-refractivity contribution in [2.24, 2.45) is 5.41 Å². The second kappa shape index (κ2) is 6.05. The molecule has 0 bridgehead atoms. The molecule has 1 saturated carbocycles. The molecule has 0 aromatic heterocycles. The van der Waals surface area contributed by atoms with Gasteiger partial charge in [0, 0.05) is 32.1 Å². The molecule has 1 N–H and O–H groups in total. The molecule has 1 rings (SSSR count). The van der Waals surface area contributed by atoms with E-state index >= 15 is 0 Å². The summed E-state index contributed by atoms with van der Waals surface area (Å²) in [5, 5.41) is 10.0. The van der Waals surface area contributed by atoms with Crippen LogP contribution in [0.25, 0.3) is 0 Å². The Morgan fingerprint density at radius 2 is 2.14 bits per heavy atom. The lowest BCUT2D eigenvalue weighted by molar-refractivity contribution is 0.119. The van der Waals surface area contributed by atoms with Crippen LogP contribution in [0.1, 0.15) is 12.8 Å². The third kappa shape index (κ3) is 3.85. The average Bonchev–Trinajstić information content (AvgIpc) is 2.95. The molecule has 0 saturated heterocycles. The van der Waals surface area contributed by atoms with Crippen LogP contribution in [0.5, 0.6) is 0 Å². The fraction of sp³-hybridized carbons (Fsp3) is 1.00. The summed E-state index contributed by atoms with van der Waals surface area (Å²) in [6.45, 7) is 3.76. The summed E-state index contributed by atoms with van der Waals surface area (Å²) in [4.78, 5) is 2.29. The van der Waals surface area contributed by atoms with Crippen LogP contribution in [0.2, 0.25) is 0 Å². The summed E-state index contributed by atoms with van der Waals surface area (Å²) >= 11 is 3.56. The van der Waals surface area contributed by atoms with Gasteiger partial charge in [-0.3, -0.25) is 4.90 Å². The average molecular weight is 266 g/mol. The summed E-state index contributed by atoms with van der Waals surface area (Å²) in [7, 11) is 1.72. The zero-order valence-corrected chi connectivity index (χ0v) is 10.4. The number of hydrogen-bond donors (Lipinski definition) is 1. The molecule has 0 spiro atoms. The molecule has 84 valence electrons. The molecular weight excluding hydrogens is 246 g/mol. The molecule has 0 amide bonds. The van der Waals surface area contributed by atoms with Gasteiger partial charge in [0.15, 0.2) is 0 Å². The SMILES string of the molecule is COCCN(CCO)CC1(CBr)CC1. The fourth-order valence-electron chi connectivity index (χ4n) is 1.62. The Labute approximate surface area is 94.6 Å². The van der Waals surface area contributed by atoms with Gasteiger partial charge >= 0.3 is 0 Å². The topological polar surface area (TPSA) is 32.7 Å². The molecule has 14 heavy (non-hydrogen) atoms. The van der Waals surface area contributed by atoms with Crippen molar-refractivity contribution in [3.63, 3.8) is 0 Å².